The van der Waals surface area contributed by atoms with Gasteiger partial charge in [-0.25, -0.2) is 0 Å². The van der Waals surface area contributed by atoms with Crippen LogP contribution in [0.4, 0.5) is 0 Å². The van der Waals surface area contributed by atoms with Crippen LogP contribution < -0.4 is 0 Å². The number of rotatable bonds is 6. The van der Waals surface area contributed by atoms with E-state index in [1.165, 1.54) is 0 Å². The van der Waals surface area contributed by atoms with Gasteiger partial charge in [-0.3, -0.25) is 9.58 Å². The van der Waals surface area contributed by atoms with E-state index in [2.05, 4.69) is 16.9 Å². The number of alkyl halides is 1. The number of hydrogen-bond acceptors (Lipinski definition) is 2. The van der Waals surface area contributed by atoms with Crippen LogP contribution >= 0.6 is 23.2 Å². The number of aryl methyl sites for hydroxylation is 2. The van der Waals surface area contributed by atoms with Gasteiger partial charge in [0, 0.05) is 25.0 Å². The van der Waals surface area contributed by atoms with Crippen LogP contribution in [0.1, 0.15) is 24.6 Å². The summed E-state index contributed by atoms with van der Waals surface area (Å²) in [6.45, 7) is 7.00. The molecule has 0 bridgehead atoms. The van der Waals surface area contributed by atoms with Crippen molar-refractivity contribution in [1.82, 2.24) is 14.7 Å². The first-order valence-corrected chi connectivity index (χ1v) is 6.47. The summed E-state index contributed by atoms with van der Waals surface area (Å²) in [5, 5.41) is 5.05. The molecule has 0 amide bonds. The van der Waals surface area contributed by atoms with Gasteiger partial charge in [-0.2, -0.15) is 5.10 Å². The Morgan fingerprint density at radius 3 is 2.56 bits per heavy atom. The third kappa shape index (κ3) is 3.37. The number of hydrogen-bond donors (Lipinski definition) is 0. The fraction of sp³-hybridized carbons (Fsp3) is 0.727. The Morgan fingerprint density at radius 2 is 2.12 bits per heavy atom. The van der Waals surface area contributed by atoms with Gasteiger partial charge in [-0.15, -0.1) is 11.6 Å². The predicted octanol–water partition coefficient (Wildman–Crippen LogP) is 2.83. The quantitative estimate of drug-likeness (QED) is 0.737. The van der Waals surface area contributed by atoms with E-state index in [1.54, 1.807) is 4.68 Å². The summed E-state index contributed by atoms with van der Waals surface area (Å²) in [7, 11) is 1.87. The molecule has 0 fully saturated rings. The maximum absolute atomic E-state index is 6.20. The summed E-state index contributed by atoms with van der Waals surface area (Å²) in [6.07, 6.45) is 1.01. The summed E-state index contributed by atoms with van der Waals surface area (Å²) in [6, 6.07) is 0. The SMILES string of the molecule is CCN(CCCCl)Cc1c(C)nn(C)c1Cl. The van der Waals surface area contributed by atoms with Gasteiger partial charge in [0.05, 0.1) is 5.69 Å². The molecule has 0 radical (unpaired) electrons. The molecule has 0 saturated carbocycles. The Bertz CT molecular complexity index is 336. The highest BCUT2D eigenvalue weighted by Crippen LogP contribution is 2.20. The molecule has 3 nitrogen and oxygen atoms in total. The highest BCUT2D eigenvalue weighted by atomic mass is 35.5. The lowest BCUT2D eigenvalue weighted by atomic mass is 10.2. The summed E-state index contributed by atoms with van der Waals surface area (Å²) in [5.74, 6) is 0.705. The molecule has 0 aliphatic carbocycles. The van der Waals surface area contributed by atoms with Crippen molar-refractivity contribution in [3.8, 4) is 0 Å². The first kappa shape index (κ1) is 13.8. The fourth-order valence-electron chi connectivity index (χ4n) is 1.71. The van der Waals surface area contributed by atoms with E-state index in [1.807, 2.05) is 14.0 Å². The van der Waals surface area contributed by atoms with Gasteiger partial charge in [0.15, 0.2) is 0 Å². The van der Waals surface area contributed by atoms with Crippen LogP contribution in [0, 0.1) is 6.92 Å². The lowest BCUT2D eigenvalue weighted by Gasteiger charge is -2.19. The van der Waals surface area contributed by atoms with Crippen LogP contribution in [0.3, 0.4) is 0 Å². The van der Waals surface area contributed by atoms with Gasteiger partial charge in [-0.1, -0.05) is 18.5 Å². The lowest BCUT2D eigenvalue weighted by molar-refractivity contribution is 0.281. The molecular weight excluding hydrogens is 245 g/mol. The minimum atomic E-state index is 0.705. The van der Waals surface area contributed by atoms with Crippen molar-refractivity contribution in [2.24, 2.45) is 7.05 Å². The standard InChI is InChI=1S/C11H19Cl2N3/c1-4-16(7-5-6-12)8-10-9(2)14-15(3)11(10)13/h4-8H2,1-3H3. The lowest BCUT2D eigenvalue weighted by Crippen LogP contribution is -2.24. The maximum atomic E-state index is 6.20. The monoisotopic (exact) mass is 263 g/mol. The zero-order valence-corrected chi connectivity index (χ0v) is 11.6. The van der Waals surface area contributed by atoms with E-state index < -0.39 is 0 Å². The van der Waals surface area contributed by atoms with Crippen molar-refractivity contribution >= 4 is 23.2 Å². The van der Waals surface area contributed by atoms with Crippen molar-refractivity contribution in [3.05, 3.63) is 16.4 Å². The zero-order valence-electron chi connectivity index (χ0n) is 10.1. The molecule has 0 aromatic carbocycles. The van der Waals surface area contributed by atoms with Crippen molar-refractivity contribution in [2.75, 3.05) is 19.0 Å². The first-order valence-electron chi connectivity index (χ1n) is 5.56. The normalized spacial score (nSPS) is 11.4. The number of aromatic nitrogens is 2. The van der Waals surface area contributed by atoms with E-state index in [9.17, 15) is 0 Å². The average Bonchev–Trinajstić information content (AvgIpc) is 2.50. The van der Waals surface area contributed by atoms with Crippen LogP contribution in [0.5, 0.6) is 0 Å². The molecule has 0 saturated heterocycles. The second-order valence-corrected chi connectivity index (χ2v) is 4.63. The van der Waals surface area contributed by atoms with Gasteiger partial charge in [0.25, 0.3) is 0 Å². The molecule has 0 unspecified atom stereocenters. The predicted molar refractivity (Wildman–Crippen MR) is 69.2 cm³/mol. The van der Waals surface area contributed by atoms with Crippen molar-refractivity contribution < 1.29 is 0 Å². The van der Waals surface area contributed by atoms with Crippen LogP contribution in [0.2, 0.25) is 5.15 Å². The molecule has 1 heterocycles. The minimum absolute atomic E-state index is 0.705. The highest BCUT2D eigenvalue weighted by molar-refractivity contribution is 6.30. The Labute approximate surface area is 107 Å². The number of halogens is 2. The second kappa shape index (κ2) is 6.48. The van der Waals surface area contributed by atoms with E-state index in [0.717, 1.165) is 42.5 Å². The van der Waals surface area contributed by atoms with Gasteiger partial charge in [0.2, 0.25) is 0 Å². The molecule has 0 atom stereocenters. The molecule has 1 aromatic rings. The van der Waals surface area contributed by atoms with Gasteiger partial charge in [0.1, 0.15) is 5.15 Å². The van der Waals surface area contributed by atoms with E-state index >= 15 is 0 Å². The number of nitrogens with zero attached hydrogens (tertiary/aromatic N) is 3. The maximum Gasteiger partial charge on any atom is 0.131 e. The smallest absolute Gasteiger partial charge is 0.131 e. The molecular formula is C11H19Cl2N3. The highest BCUT2D eigenvalue weighted by Gasteiger charge is 2.13. The minimum Gasteiger partial charge on any atom is -0.299 e. The average molecular weight is 264 g/mol. The summed E-state index contributed by atoms with van der Waals surface area (Å²) in [5.41, 5.74) is 2.14. The molecule has 0 aliphatic rings. The third-order valence-corrected chi connectivity index (χ3v) is 3.45. The molecule has 16 heavy (non-hydrogen) atoms. The first-order chi connectivity index (χ1) is 7.60. The van der Waals surface area contributed by atoms with Gasteiger partial charge >= 0.3 is 0 Å². The van der Waals surface area contributed by atoms with Crippen LogP contribution in [-0.2, 0) is 13.6 Å². The molecule has 5 heteroatoms. The molecule has 1 aromatic heterocycles. The topological polar surface area (TPSA) is 21.1 Å². The summed E-state index contributed by atoms with van der Waals surface area (Å²) < 4.78 is 1.72. The summed E-state index contributed by atoms with van der Waals surface area (Å²) in [4.78, 5) is 2.33. The molecule has 1 rings (SSSR count). The Morgan fingerprint density at radius 1 is 1.44 bits per heavy atom. The van der Waals surface area contributed by atoms with Crippen LogP contribution in [0.15, 0.2) is 0 Å². The van der Waals surface area contributed by atoms with E-state index in [4.69, 9.17) is 23.2 Å². The Balaban J connectivity index is 2.69. The second-order valence-electron chi connectivity index (χ2n) is 3.89. The molecule has 0 spiro atoms. The van der Waals surface area contributed by atoms with Gasteiger partial charge < -0.3 is 0 Å². The third-order valence-electron chi connectivity index (χ3n) is 2.71. The summed E-state index contributed by atoms with van der Waals surface area (Å²) >= 11 is 11.9. The Kier molecular flexibility index (Phi) is 5.59. The zero-order chi connectivity index (χ0) is 12.1. The van der Waals surface area contributed by atoms with E-state index in [-0.39, 0.29) is 0 Å². The van der Waals surface area contributed by atoms with Crippen molar-refractivity contribution in [1.29, 1.82) is 0 Å². The van der Waals surface area contributed by atoms with Crippen LogP contribution in [-0.4, -0.2) is 33.6 Å². The molecule has 0 N–H and O–H groups in total. The fourth-order valence-corrected chi connectivity index (χ4v) is 2.06. The van der Waals surface area contributed by atoms with Crippen LogP contribution in [0.25, 0.3) is 0 Å². The van der Waals surface area contributed by atoms with E-state index in [0.29, 0.717) is 5.88 Å². The van der Waals surface area contributed by atoms with Crippen molar-refractivity contribution in [3.63, 3.8) is 0 Å². The molecule has 92 valence electrons. The Hall–Kier alpha value is -0.250. The van der Waals surface area contributed by atoms with Crippen molar-refractivity contribution in [2.45, 2.75) is 26.8 Å². The largest absolute Gasteiger partial charge is 0.299 e. The van der Waals surface area contributed by atoms with Gasteiger partial charge in [-0.05, 0) is 26.4 Å². The molecule has 0 aliphatic heterocycles.